The van der Waals surface area contributed by atoms with Crippen LogP contribution in [-0.4, -0.2) is 14.2 Å². The van der Waals surface area contributed by atoms with Crippen molar-refractivity contribution in [3.8, 4) is 11.5 Å². The minimum Gasteiger partial charge on any atom is -0.493 e. The predicted octanol–water partition coefficient (Wildman–Crippen LogP) is 3.63. The number of methoxy groups -OCH3 is 2. The summed E-state index contributed by atoms with van der Waals surface area (Å²) in [6, 6.07) is 11.6. The van der Waals surface area contributed by atoms with Crippen LogP contribution in [0.25, 0.3) is 0 Å². The summed E-state index contributed by atoms with van der Waals surface area (Å²) in [5, 5.41) is 3.26. The van der Waals surface area contributed by atoms with Gasteiger partial charge in [0, 0.05) is 21.4 Å². The van der Waals surface area contributed by atoms with E-state index in [1.165, 1.54) is 3.57 Å². The average molecular weight is 370 g/mol. The minimum atomic E-state index is 0.608. The molecule has 0 saturated carbocycles. The van der Waals surface area contributed by atoms with E-state index in [1.807, 2.05) is 30.3 Å². The van der Waals surface area contributed by atoms with Crippen molar-refractivity contribution in [3.63, 3.8) is 0 Å². The monoisotopic (exact) mass is 370 g/mol. The molecule has 0 amide bonds. The largest absolute Gasteiger partial charge is 0.493 e. The molecule has 0 aromatic heterocycles. The summed E-state index contributed by atoms with van der Waals surface area (Å²) < 4.78 is 11.7. The first kappa shape index (κ1) is 13.8. The summed E-state index contributed by atoms with van der Waals surface area (Å²) in [5.41, 5.74) is 8.37. The van der Waals surface area contributed by atoms with Crippen LogP contribution < -0.4 is 20.5 Å². The Hall–Kier alpha value is -1.63. The zero-order valence-electron chi connectivity index (χ0n) is 10.7. The number of nitrogen functional groups attached to an aromatic ring is 1. The Labute approximate surface area is 126 Å². The van der Waals surface area contributed by atoms with Gasteiger partial charge in [0.05, 0.1) is 25.6 Å². The van der Waals surface area contributed by atoms with E-state index in [4.69, 9.17) is 15.2 Å². The van der Waals surface area contributed by atoms with Crippen molar-refractivity contribution < 1.29 is 9.47 Å². The molecule has 0 spiro atoms. The van der Waals surface area contributed by atoms with Crippen molar-refractivity contribution in [1.82, 2.24) is 0 Å². The van der Waals surface area contributed by atoms with Crippen molar-refractivity contribution in [3.05, 3.63) is 40.0 Å². The number of hydrogen-bond acceptors (Lipinski definition) is 4. The Kier molecular flexibility index (Phi) is 4.36. The second kappa shape index (κ2) is 6.01. The van der Waals surface area contributed by atoms with Crippen molar-refractivity contribution >= 4 is 39.7 Å². The van der Waals surface area contributed by atoms with Crippen LogP contribution in [0, 0.1) is 3.57 Å². The summed E-state index contributed by atoms with van der Waals surface area (Å²) in [4.78, 5) is 0. The fraction of sp³-hybridized carbons (Fsp3) is 0.143. The van der Waals surface area contributed by atoms with Crippen LogP contribution in [0.5, 0.6) is 11.5 Å². The molecule has 100 valence electrons. The van der Waals surface area contributed by atoms with Gasteiger partial charge in [0.2, 0.25) is 0 Å². The molecule has 0 aliphatic carbocycles. The number of halogens is 1. The highest BCUT2D eigenvalue weighted by molar-refractivity contribution is 14.1. The topological polar surface area (TPSA) is 56.5 Å². The maximum atomic E-state index is 6.00. The van der Waals surface area contributed by atoms with Gasteiger partial charge in [0.1, 0.15) is 0 Å². The van der Waals surface area contributed by atoms with Crippen molar-refractivity contribution in [2.24, 2.45) is 0 Å². The Morgan fingerprint density at radius 1 is 1.00 bits per heavy atom. The third kappa shape index (κ3) is 3.23. The van der Waals surface area contributed by atoms with Gasteiger partial charge in [-0.25, -0.2) is 0 Å². The molecule has 2 aromatic rings. The number of anilines is 3. The van der Waals surface area contributed by atoms with Crippen molar-refractivity contribution in [1.29, 1.82) is 0 Å². The lowest BCUT2D eigenvalue weighted by Gasteiger charge is -2.14. The van der Waals surface area contributed by atoms with Crippen LogP contribution in [0.15, 0.2) is 36.4 Å². The molecule has 0 bridgehead atoms. The van der Waals surface area contributed by atoms with Gasteiger partial charge in [-0.1, -0.05) is 0 Å². The molecule has 0 radical (unpaired) electrons. The maximum absolute atomic E-state index is 6.00. The van der Waals surface area contributed by atoms with Gasteiger partial charge < -0.3 is 20.5 Å². The van der Waals surface area contributed by atoms with Gasteiger partial charge in [0.25, 0.3) is 0 Å². The first-order valence-corrected chi connectivity index (χ1v) is 6.76. The lowest BCUT2D eigenvalue weighted by Crippen LogP contribution is -1.99. The highest BCUT2D eigenvalue weighted by atomic mass is 127. The SMILES string of the molecule is COc1cc(N)c(Nc2ccc(I)cc2)cc1OC. The van der Waals surface area contributed by atoms with Crippen molar-refractivity contribution in [2.45, 2.75) is 0 Å². The van der Waals surface area contributed by atoms with E-state index in [0.717, 1.165) is 11.4 Å². The van der Waals surface area contributed by atoms with E-state index in [2.05, 4.69) is 27.9 Å². The molecule has 0 heterocycles. The Balaban J connectivity index is 2.32. The highest BCUT2D eigenvalue weighted by Gasteiger charge is 2.09. The molecular weight excluding hydrogens is 355 g/mol. The van der Waals surface area contributed by atoms with Crippen LogP contribution in [0.2, 0.25) is 0 Å². The smallest absolute Gasteiger partial charge is 0.162 e. The minimum absolute atomic E-state index is 0.608. The van der Waals surface area contributed by atoms with E-state index in [0.29, 0.717) is 17.2 Å². The molecule has 0 atom stereocenters. The summed E-state index contributed by atoms with van der Waals surface area (Å²) in [6.07, 6.45) is 0. The molecule has 3 N–H and O–H groups in total. The van der Waals surface area contributed by atoms with Crippen LogP contribution in [0.4, 0.5) is 17.1 Å². The van der Waals surface area contributed by atoms with Gasteiger partial charge in [-0.3, -0.25) is 0 Å². The molecule has 19 heavy (non-hydrogen) atoms. The first-order chi connectivity index (χ1) is 9.13. The lowest BCUT2D eigenvalue weighted by atomic mass is 10.2. The maximum Gasteiger partial charge on any atom is 0.162 e. The van der Waals surface area contributed by atoms with E-state index < -0.39 is 0 Å². The molecule has 0 fully saturated rings. The molecule has 5 heteroatoms. The molecule has 0 aliphatic heterocycles. The van der Waals surface area contributed by atoms with Gasteiger partial charge in [0.15, 0.2) is 11.5 Å². The third-order valence-corrected chi connectivity index (χ3v) is 3.40. The van der Waals surface area contributed by atoms with E-state index in [1.54, 1.807) is 20.3 Å². The molecule has 4 nitrogen and oxygen atoms in total. The Morgan fingerprint density at radius 2 is 1.58 bits per heavy atom. The van der Waals surface area contributed by atoms with Gasteiger partial charge in [-0.2, -0.15) is 0 Å². The lowest BCUT2D eigenvalue weighted by molar-refractivity contribution is 0.355. The van der Waals surface area contributed by atoms with Crippen molar-refractivity contribution in [2.75, 3.05) is 25.3 Å². The number of nitrogens with one attached hydrogen (secondary N) is 1. The molecule has 2 aromatic carbocycles. The summed E-state index contributed by atoms with van der Waals surface area (Å²) in [7, 11) is 3.19. The van der Waals surface area contributed by atoms with Crippen LogP contribution in [0.1, 0.15) is 0 Å². The van der Waals surface area contributed by atoms with Gasteiger partial charge >= 0.3 is 0 Å². The van der Waals surface area contributed by atoms with Crippen LogP contribution >= 0.6 is 22.6 Å². The third-order valence-electron chi connectivity index (χ3n) is 2.68. The van der Waals surface area contributed by atoms with E-state index in [9.17, 15) is 0 Å². The van der Waals surface area contributed by atoms with Gasteiger partial charge in [-0.15, -0.1) is 0 Å². The zero-order valence-corrected chi connectivity index (χ0v) is 12.9. The van der Waals surface area contributed by atoms with E-state index in [-0.39, 0.29) is 0 Å². The number of nitrogens with two attached hydrogens (primary N) is 1. The molecule has 2 rings (SSSR count). The summed E-state index contributed by atoms with van der Waals surface area (Å²) >= 11 is 2.27. The Bertz CT molecular complexity index is 570. The highest BCUT2D eigenvalue weighted by Crippen LogP contribution is 2.36. The second-order valence-corrected chi connectivity index (χ2v) is 5.17. The number of rotatable bonds is 4. The van der Waals surface area contributed by atoms with E-state index >= 15 is 0 Å². The fourth-order valence-electron chi connectivity index (χ4n) is 1.69. The number of ether oxygens (including phenoxy) is 2. The molecule has 0 aliphatic rings. The quantitative estimate of drug-likeness (QED) is 0.638. The summed E-state index contributed by atoms with van der Waals surface area (Å²) in [6.45, 7) is 0. The Morgan fingerprint density at radius 3 is 2.16 bits per heavy atom. The zero-order chi connectivity index (χ0) is 13.8. The standard InChI is InChI=1S/C14H15IN2O2/c1-18-13-7-11(16)12(8-14(13)19-2)17-10-5-3-9(15)4-6-10/h3-8,17H,16H2,1-2H3. The summed E-state index contributed by atoms with van der Waals surface area (Å²) in [5.74, 6) is 1.26. The number of benzene rings is 2. The number of hydrogen-bond donors (Lipinski definition) is 2. The first-order valence-electron chi connectivity index (χ1n) is 5.68. The fourth-order valence-corrected chi connectivity index (χ4v) is 2.05. The predicted molar refractivity (Wildman–Crippen MR) is 86.4 cm³/mol. The average Bonchev–Trinajstić information content (AvgIpc) is 2.43. The molecular formula is C14H15IN2O2. The second-order valence-electron chi connectivity index (χ2n) is 3.93. The van der Waals surface area contributed by atoms with Crippen LogP contribution in [0.3, 0.4) is 0 Å². The van der Waals surface area contributed by atoms with Gasteiger partial charge in [-0.05, 0) is 46.9 Å². The normalized spacial score (nSPS) is 10.1. The van der Waals surface area contributed by atoms with Crippen LogP contribution in [-0.2, 0) is 0 Å². The molecule has 0 unspecified atom stereocenters. The molecule has 0 saturated heterocycles.